The lowest BCUT2D eigenvalue weighted by molar-refractivity contribution is -0.126. The Kier molecular flexibility index (Phi) is 3.89. The van der Waals surface area contributed by atoms with Crippen LogP contribution in [-0.2, 0) is 9.59 Å². The van der Waals surface area contributed by atoms with Crippen LogP contribution in [0.5, 0.6) is 0 Å². The monoisotopic (exact) mass is 140 g/mol. The van der Waals surface area contributed by atoms with Gasteiger partial charge in [0.1, 0.15) is 5.78 Å². The van der Waals surface area contributed by atoms with Crippen LogP contribution in [0.4, 0.5) is 0 Å². The van der Waals surface area contributed by atoms with Gasteiger partial charge in [-0.2, -0.15) is 5.26 Å². The summed E-state index contributed by atoms with van der Waals surface area (Å²) in [6, 6.07) is 1.80. The van der Waals surface area contributed by atoms with Crippen molar-refractivity contribution < 1.29 is 9.59 Å². The average molecular weight is 140 g/mol. The molecule has 0 unspecified atom stereocenters. The Morgan fingerprint density at radius 2 is 2.10 bits per heavy atom. The van der Waals surface area contributed by atoms with Crippen LogP contribution >= 0.6 is 0 Å². The number of hydrogen-bond acceptors (Lipinski definition) is 3. The molecule has 0 saturated heterocycles. The summed E-state index contributed by atoms with van der Waals surface area (Å²) in [5.74, 6) is -0.906. The highest BCUT2D eigenvalue weighted by Crippen LogP contribution is 1.92. The topological polar surface area (TPSA) is 83.9 Å². The van der Waals surface area contributed by atoms with Crippen molar-refractivity contribution in [3.8, 4) is 6.07 Å². The van der Waals surface area contributed by atoms with Crippen molar-refractivity contribution in [1.82, 2.24) is 0 Å². The van der Waals surface area contributed by atoms with Gasteiger partial charge in [-0.05, 0) is 0 Å². The van der Waals surface area contributed by atoms with Crippen LogP contribution in [0.2, 0.25) is 0 Å². The molecule has 0 bridgehead atoms. The second-order valence-electron chi connectivity index (χ2n) is 1.84. The first-order chi connectivity index (χ1) is 4.66. The summed E-state index contributed by atoms with van der Waals surface area (Å²) < 4.78 is 0. The molecule has 0 aromatic carbocycles. The number of carbonyl (C=O) groups is 2. The SMILES string of the molecule is N#CCCC(=O)CC(N)=O. The molecule has 0 saturated carbocycles. The standard InChI is InChI=1S/C6H8N2O2/c7-3-1-2-5(9)4-6(8)10/h1-2,4H2,(H2,8,10). The van der Waals surface area contributed by atoms with Gasteiger partial charge in [0.15, 0.2) is 0 Å². The highest BCUT2D eigenvalue weighted by molar-refractivity contribution is 5.97. The first kappa shape index (κ1) is 8.63. The van der Waals surface area contributed by atoms with Crippen LogP contribution in [-0.4, -0.2) is 11.7 Å². The number of amides is 1. The van der Waals surface area contributed by atoms with E-state index in [0.29, 0.717) is 0 Å². The summed E-state index contributed by atoms with van der Waals surface area (Å²) in [6.45, 7) is 0. The van der Waals surface area contributed by atoms with Gasteiger partial charge in [-0.15, -0.1) is 0 Å². The maximum absolute atomic E-state index is 10.6. The minimum absolute atomic E-state index is 0.124. The number of rotatable bonds is 4. The van der Waals surface area contributed by atoms with Gasteiger partial charge in [-0.25, -0.2) is 0 Å². The van der Waals surface area contributed by atoms with Gasteiger partial charge in [0.2, 0.25) is 5.91 Å². The normalized spacial score (nSPS) is 8.30. The Bertz CT molecular complexity index is 181. The summed E-state index contributed by atoms with van der Waals surface area (Å²) in [5.41, 5.74) is 4.72. The molecule has 0 heterocycles. The lowest BCUT2D eigenvalue weighted by atomic mass is 10.2. The third kappa shape index (κ3) is 4.78. The van der Waals surface area contributed by atoms with Crippen molar-refractivity contribution in [1.29, 1.82) is 5.26 Å². The molecule has 0 aliphatic carbocycles. The molecule has 10 heavy (non-hydrogen) atoms. The first-order valence-corrected chi connectivity index (χ1v) is 2.83. The number of primary amides is 1. The van der Waals surface area contributed by atoms with Crippen LogP contribution in [0.15, 0.2) is 0 Å². The fourth-order valence-corrected chi connectivity index (χ4v) is 0.478. The molecule has 0 aliphatic rings. The van der Waals surface area contributed by atoms with E-state index in [1.165, 1.54) is 0 Å². The van der Waals surface area contributed by atoms with E-state index in [9.17, 15) is 9.59 Å². The molecule has 54 valence electrons. The lowest BCUT2D eigenvalue weighted by Gasteiger charge is -1.90. The lowest BCUT2D eigenvalue weighted by Crippen LogP contribution is -2.15. The van der Waals surface area contributed by atoms with Crippen molar-refractivity contribution in [3.63, 3.8) is 0 Å². The predicted molar refractivity (Wildman–Crippen MR) is 33.7 cm³/mol. The number of Topliss-reactive ketones (excluding diaryl/α,β-unsaturated/α-hetero) is 1. The zero-order valence-corrected chi connectivity index (χ0v) is 5.46. The van der Waals surface area contributed by atoms with Crippen LogP contribution in [0.3, 0.4) is 0 Å². The smallest absolute Gasteiger partial charge is 0.224 e. The fourth-order valence-electron chi connectivity index (χ4n) is 0.478. The maximum atomic E-state index is 10.6. The molecular formula is C6H8N2O2. The van der Waals surface area contributed by atoms with Crippen LogP contribution in [0.25, 0.3) is 0 Å². The highest BCUT2D eigenvalue weighted by atomic mass is 16.2. The van der Waals surface area contributed by atoms with Gasteiger partial charge < -0.3 is 5.73 Å². The molecule has 0 atom stereocenters. The number of hydrogen-bond donors (Lipinski definition) is 1. The number of nitrogens with zero attached hydrogens (tertiary/aromatic N) is 1. The predicted octanol–water partition coefficient (Wildman–Crippen LogP) is -0.265. The highest BCUT2D eigenvalue weighted by Gasteiger charge is 2.04. The third-order valence-corrected chi connectivity index (χ3v) is 0.887. The minimum atomic E-state index is -0.636. The third-order valence-electron chi connectivity index (χ3n) is 0.887. The average Bonchev–Trinajstić information content (AvgIpc) is 1.82. The summed E-state index contributed by atoms with van der Waals surface area (Å²) in [4.78, 5) is 20.7. The summed E-state index contributed by atoms with van der Waals surface area (Å²) >= 11 is 0. The molecule has 0 aliphatic heterocycles. The summed E-state index contributed by atoms with van der Waals surface area (Å²) in [7, 11) is 0. The van der Waals surface area contributed by atoms with Gasteiger partial charge in [0.25, 0.3) is 0 Å². The van der Waals surface area contributed by atoms with E-state index in [2.05, 4.69) is 0 Å². The Labute approximate surface area is 58.6 Å². The van der Waals surface area contributed by atoms with E-state index in [0.717, 1.165) is 0 Å². The molecule has 0 fully saturated rings. The Balaban J connectivity index is 3.47. The van der Waals surface area contributed by atoms with Crippen molar-refractivity contribution in [2.24, 2.45) is 5.73 Å². The molecule has 0 radical (unpaired) electrons. The first-order valence-electron chi connectivity index (χ1n) is 2.83. The molecule has 0 rings (SSSR count). The second-order valence-corrected chi connectivity index (χ2v) is 1.84. The quantitative estimate of drug-likeness (QED) is 0.545. The maximum Gasteiger partial charge on any atom is 0.224 e. The summed E-state index contributed by atoms with van der Waals surface area (Å²) in [6.07, 6.45) is 0.0350. The van der Waals surface area contributed by atoms with Gasteiger partial charge in [-0.3, -0.25) is 9.59 Å². The zero-order chi connectivity index (χ0) is 7.98. The van der Waals surface area contributed by atoms with Crippen molar-refractivity contribution in [2.75, 3.05) is 0 Å². The van der Waals surface area contributed by atoms with E-state index in [-0.39, 0.29) is 25.0 Å². The fraction of sp³-hybridized carbons (Fsp3) is 0.500. The van der Waals surface area contributed by atoms with E-state index in [4.69, 9.17) is 11.0 Å². The number of nitriles is 1. The van der Waals surface area contributed by atoms with E-state index < -0.39 is 5.91 Å². The van der Waals surface area contributed by atoms with Gasteiger partial charge in [-0.1, -0.05) is 0 Å². The second kappa shape index (κ2) is 4.50. The molecule has 4 nitrogen and oxygen atoms in total. The van der Waals surface area contributed by atoms with Crippen molar-refractivity contribution in [3.05, 3.63) is 0 Å². The van der Waals surface area contributed by atoms with Crippen molar-refractivity contribution >= 4 is 11.7 Å². The van der Waals surface area contributed by atoms with Gasteiger partial charge >= 0.3 is 0 Å². The Morgan fingerprint density at radius 1 is 1.50 bits per heavy atom. The van der Waals surface area contributed by atoms with Crippen LogP contribution in [0.1, 0.15) is 19.3 Å². The van der Waals surface area contributed by atoms with E-state index in [1.807, 2.05) is 0 Å². The minimum Gasteiger partial charge on any atom is -0.369 e. The Hall–Kier alpha value is -1.37. The number of nitrogens with two attached hydrogens (primary N) is 1. The van der Waals surface area contributed by atoms with Crippen LogP contribution < -0.4 is 5.73 Å². The van der Waals surface area contributed by atoms with Crippen LogP contribution in [0, 0.1) is 11.3 Å². The molecule has 0 spiro atoms. The molecule has 1 amide bonds. The van der Waals surface area contributed by atoms with Crippen molar-refractivity contribution in [2.45, 2.75) is 19.3 Å². The van der Waals surface area contributed by atoms with E-state index >= 15 is 0 Å². The molecule has 0 aromatic rings. The Morgan fingerprint density at radius 3 is 2.50 bits per heavy atom. The van der Waals surface area contributed by atoms with Gasteiger partial charge in [0, 0.05) is 12.8 Å². The summed E-state index contributed by atoms with van der Waals surface area (Å²) in [5, 5.41) is 8.03. The number of carbonyl (C=O) groups excluding carboxylic acids is 2. The zero-order valence-electron chi connectivity index (χ0n) is 5.46. The van der Waals surface area contributed by atoms with Gasteiger partial charge in [0.05, 0.1) is 12.5 Å². The molecular weight excluding hydrogens is 132 g/mol. The molecule has 2 N–H and O–H groups in total. The number of ketones is 1. The van der Waals surface area contributed by atoms with E-state index in [1.54, 1.807) is 6.07 Å². The molecule has 0 aromatic heterocycles. The molecule has 4 heteroatoms. The largest absolute Gasteiger partial charge is 0.369 e.